The van der Waals surface area contributed by atoms with Gasteiger partial charge in [0.15, 0.2) is 0 Å². The number of aryl methyl sites for hydroxylation is 1. The van der Waals surface area contributed by atoms with Crippen LogP contribution in [0.15, 0.2) is 90.0 Å². The second kappa shape index (κ2) is 9.46. The third-order valence-corrected chi connectivity index (χ3v) is 5.50. The fourth-order valence-corrected chi connectivity index (χ4v) is 3.75. The molecule has 0 aliphatic carbocycles. The summed E-state index contributed by atoms with van der Waals surface area (Å²) < 4.78 is 5.90. The molecule has 0 aliphatic rings. The lowest BCUT2D eigenvalue weighted by Gasteiger charge is -2.07. The standard InChI is InChI=1S/C27H23N5O2/c1-18-23(22-12-5-6-13-24(22)29-18)16-28-32-27(33)26-15-25(30-31-26)20-10-7-11-21(14-20)34-17-19-8-3-2-4-9-19/h2-16,29H,17H2,1H3,(H,30,31)(H,32,33). The molecule has 0 fully saturated rings. The first kappa shape index (κ1) is 21.2. The van der Waals surface area contributed by atoms with E-state index in [1.54, 1.807) is 12.3 Å². The summed E-state index contributed by atoms with van der Waals surface area (Å²) in [7, 11) is 0. The number of ether oxygens (including phenoxy) is 1. The summed E-state index contributed by atoms with van der Waals surface area (Å²) in [6.45, 7) is 2.45. The number of carbonyl (C=O) groups is 1. The van der Waals surface area contributed by atoms with Gasteiger partial charge < -0.3 is 9.72 Å². The Hall–Kier alpha value is -4.65. The maximum atomic E-state index is 12.6. The average molecular weight is 450 g/mol. The molecule has 0 radical (unpaired) electrons. The molecule has 3 N–H and O–H groups in total. The van der Waals surface area contributed by atoms with E-state index in [0.29, 0.717) is 18.0 Å². The molecule has 1 amide bonds. The van der Waals surface area contributed by atoms with Crippen LogP contribution in [0.25, 0.3) is 22.2 Å². The molecule has 0 saturated heterocycles. The van der Waals surface area contributed by atoms with Crippen LogP contribution in [0.4, 0.5) is 0 Å². The predicted molar refractivity (Wildman–Crippen MR) is 133 cm³/mol. The lowest BCUT2D eigenvalue weighted by atomic mass is 10.1. The number of aromatic nitrogens is 3. The monoisotopic (exact) mass is 449 g/mol. The third kappa shape index (κ3) is 4.59. The highest BCUT2D eigenvalue weighted by molar-refractivity contribution is 6.01. The maximum Gasteiger partial charge on any atom is 0.289 e. The largest absolute Gasteiger partial charge is 0.489 e. The summed E-state index contributed by atoms with van der Waals surface area (Å²) in [6.07, 6.45) is 1.65. The minimum atomic E-state index is -0.371. The molecular formula is C27H23N5O2. The van der Waals surface area contributed by atoms with Crippen LogP contribution in [0, 0.1) is 6.92 Å². The minimum Gasteiger partial charge on any atom is -0.489 e. The van der Waals surface area contributed by atoms with Gasteiger partial charge in [0.25, 0.3) is 5.91 Å². The smallest absolute Gasteiger partial charge is 0.289 e. The van der Waals surface area contributed by atoms with Crippen LogP contribution in [0.2, 0.25) is 0 Å². The number of aromatic amines is 2. The van der Waals surface area contributed by atoms with Crippen molar-refractivity contribution in [2.75, 3.05) is 0 Å². The number of hydrogen-bond acceptors (Lipinski definition) is 4. The van der Waals surface area contributed by atoms with Gasteiger partial charge in [-0.05, 0) is 36.8 Å². The van der Waals surface area contributed by atoms with Crippen molar-refractivity contribution < 1.29 is 9.53 Å². The van der Waals surface area contributed by atoms with Crippen LogP contribution in [-0.4, -0.2) is 27.3 Å². The van der Waals surface area contributed by atoms with Gasteiger partial charge in [-0.2, -0.15) is 10.2 Å². The molecule has 0 spiro atoms. The van der Waals surface area contributed by atoms with Gasteiger partial charge in [-0.3, -0.25) is 9.89 Å². The predicted octanol–water partition coefficient (Wildman–Crippen LogP) is 5.21. The quantitative estimate of drug-likeness (QED) is 0.235. The van der Waals surface area contributed by atoms with Gasteiger partial charge in [-0.25, -0.2) is 5.43 Å². The Labute approximate surface area is 196 Å². The molecule has 34 heavy (non-hydrogen) atoms. The summed E-state index contributed by atoms with van der Waals surface area (Å²) in [5.41, 5.74) is 8.42. The number of H-pyrrole nitrogens is 2. The van der Waals surface area contributed by atoms with Crippen molar-refractivity contribution in [2.24, 2.45) is 5.10 Å². The summed E-state index contributed by atoms with van der Waals surface area (Å²) >= 11 is 0. The number of nitrogens with one attached hydrogen (secondary N) is 3. The Morgan fingerprint density at radius 2 is 1.85 bits per heavy atom. The fourth-order valence-electron chi connectivity index (χ4n) is 3.75. The number of nitrogens with zero attached hydrogens (tertiary/aromatic N) is 2. The van der Waals surface area contributed by atoms with Crippen molar-refractivity contribution >= 4 is 23.0 Å². The Morgan fingerprint density at radius 1 is 1.03 bits per heavy atom. The number of hydrazone groups is 1. The first-order chi connectivity index (χ1) is 16.7. The third-order valence-electron chi connectivity index (χ3n) is 5.50. The zero-order chi connectivity index (χ0) is 23.3. The van der Waals surface area contributed by atoms with Crippen LogP contribution < -0.4 is 10.2 Å². The molecule has 3 aromatic carbocycles. The van der Waals surface area contributed by atoms with Crippen molar-refractivity contribution in [3.63, 3.8) is 0 Å². The number of fused-ring (bicyclic) bond motifs is 1. The molecule has 2 heterocycles. The topological polar surface area (TPSA) is 95.2 Å². The van der Waals surface area contributed by atoms with E-state index in [1.807, 2.05) is 85.8 Å². The van der Waals surface area contributed by atoms with Crippen LogP contribution in [0.3, 0.4) is 0 Å². The van der Waals surface area contributed by atoms with E-state index in [2.05, 4.69) is 25.7 Å². The van der Waals surface area contributed by atoms with E-state index in [1.165, 1.54) is 0 Å². The molecule has 0 aliphatic heterocycles. The van der Waals surface area contributed by atoms with Crippen LogP contribution >= 0.6 is 0 Å². The normalized spacial score (nSPS) is 11.2. The molecule has 0 atom stereocenters. The van der Waals surface area contributed by atoms with Gasteiger partial charge in [-0.15, -0.1) is 0 Å². The Balaban J connectivity index is 1.25. The van der Waals surface area contributed by atoms with E-state index in [9.17, 15) is 4.79 Å². The lowest BCUT2D eigenvalue weighted by Crippen LogP contribution is -2.18. The SMILES string of the molecule is Cc1[nH]c2ccccc2c1C=NNC(=O)c1cc(-c2cccc(OCc3ccccc3)c2)n[nH]1. The molecule has 2 aromatic heterocycles. The first-order valence-corrected chi connectivity index (χ1v) is 10.9. The van der Waals surface area contributed by atoms with Crippen molar-refractivity contribution in [1.29, 1.82) is 0 Å². The Kier molecular flexibility index (Phi) is 5.90. The Morgan fingerprint density at radius 3 is 2.74 bits per heavy atom. The van der Waals surface area contributed by atoms with Gasteiger partial charge in [0.1, 0.15) is 18.1 Å². The summed E-state index contributed by atoms with van der Waals surface area (Å²) in [4.78, 5) is 15.9. The number of amides is 1. The lowest BCUT2D eigenvalue weighted by molar-refractivity contribution is 0.0950. The summed E-state index contributed by atoms with van der Waals surface area (Å²) in [6, 6.07) is 27.3. The van der Waals surface area contributed by atoms with Gasteiger partial charge in [0, 0.05) is 27.7 Å². The van der Waals surface area contributed by atoms with Gasteiger partial charge in [-0.1, -0.05) is 60.7 Å². The van der Waals surface area contributed by atoms with Gasteiger partial charge in [0.05, 0.1) is 11.9 Å². The highest BCUT2D eigenvalue weighted by atomic mass is 16.5. The van der Waals surface area contributed by atoms with Crippen molar-refractivity contribution in [2.45, 2.75) is 13.5 Å². The van der Waals surface area contributed by atoms with Crippen molar-refractivity contribution in [3.05, 3.63) is 107 Å². The fraction of sp³-hybridized carbons (Fsp3) is 0.0741. The summed E-state index contributed by atoms with van der Waals surface area (Å²) in [5, 5.41) is 12.3. The number of para-hydroxylation sites is 1. The van der Waals surface area contributed by atoms with E-state index < -0.39 is 0 Å². The van der Waals surface area contributed by atoms with Crippen molar-refractivity contribution in [3.8, 4) is 17.0 Å². The van der Waals surface area contributed by atoms with Gasteiger partial charge >= 0.3 is 0 Å². The molecule has 168 valence electrons. The molecule has 5 rings (SSSR count). The van der Waals surface area contributed by atoms with Crippen molar-refractivity contribution in [1.82, 2.24) is 20.6 Å². The second-order valence-electron chi connectivity index (χ2n) is 7.88. The highest BCUT2D eigenvalue weighted by Crippen LogP contribution is 2.24. The van der Waals surface area contributed by atoms with E-state index in [-0.39, 0.29) is 5.91 Å². The van der Waals surface area contributed by atoms with E-state index in [0.717, 1.165) is 39.0 Å². The average Bonchev–Trinajstić information content (AvgIpc) is 3.49. The zero-order valence-corrected chi connectivity index (χ0v) is 18.6. The molecule has 0 saturated carbocycles. The number of hydrogen-bond donors (Lipinski definition) is 3. The zero-order valence-electron chi connectivity index (χ0n) is 18.6. The summed E-state index contributed by atoms with van der Waals surface area (Å²) in [5.74, 6) is 0.359. The second-order valence-corrected chi connectivity index (χ2v) is 7.88. The molecule has 0 unspecified atom stereocenters. The minimum absolute atomic E-state index is 0.318. The first-order valence-electron chi connectivity index (χ1n) is 10.9. The number of carbonyl (C=O) groups excluding carboxylic acids is 1. The number of rotatable bonds is 7. The maximum absolute atomic E-state index is 12.6. The number of benzene rings is 3. The van der Waals surface area contributed by atoms with Crippen LogP contribution in [0.1, 0.15) is 27.3 Å². The highest BCUT2D eigenvalue weighted by Gasteiger charge is 2.12. The van der Waals surface area contributed by atoms with Crippen LogP contribution in [0.5, 0.6) is 5.75 Å². The molecule has 5 aromatic rings. The van der Waals surface area contributed by atoms with E-state index >= 15 is 0 Å². The molecular weight excluding hydrogens is 426 g/mol. The molecule has 0 bridgehead atoms. The Bertz CT molecular complexity index is 1470. The van der Waals surface area contributed by atoms with Gasteiger partial charge in [0.2, 0.25) is 0 Å². The van der Waals surface area contributed by atoms with E-state index in [4.69, 9.17) is 4.74 Å². The van der Waals surface area contributed by atoms with Crippen LogP contribution in [-0.2, 0) is 6.61 Å². The molecule has 7 nitrogen and oxygen atoms in total. The molecule has 7 heteroatoms.